The van der Waals surface area contributed by atoms with Crippen LogP contribution in [0.25, 0.3) is 0 Å². The third kappa shape index (κ3) is 5.73. The fourth-order valence-corrected chi connectivity index (χ4v) is 1.90. The molecule has 0 spiro atoms. The third-order valence-electron chi connectivity index (χ3n) is 3.07. The minimum Gasteiger partial charge on any atom is -0.497 e. The molecule has 1 aromatic rings. The van der Waals surface area contributed by atoms with Gasteiger partial charge in [0.1, 0.15) is 5.75 Å². The van der Waals surface area contributed by atoms with E-state index in [-0.39, 0.29) is 6.10 Å². The van der Waals surface area contributed by atoms with Crippen LogP contribution < -0.4 is 4.74 Å². The number of aliphatic hydroxyl groups excluding tert-OH is 1. The molecule has 0 radical (unpaired) electrons. The molecule has 0 aliphatic carbocycles. The van der Waals surface area contributed by atoms with E-state index in [2.05, 4.69) is 19.1 Å². The normalized spacial score (nSPS) is 12.4. The zero-order valence-corrected chi connectivity index (χ0v) is 11.0. The summed E-state index contributed by atoms with van der Waals surface area (Å²) in [6, 6.07) is 8.08. The van der Waals surface area contributed by atoms with Crippen LogP contribution in [-0.2, 0) is 6.42 Å². The van der Waals surface area contributed by atoms with Crippen molar-refractivity contribution in [3.05, 3.63) is 29.8 Å². The number of hydrogen-bond acceptors (Lipinski definition) is 2. The number of aliphatic hydroxyl groups is 1. The molecule has 2 heteroatoms. The molecule has 2 nitrogen and oxygen atoms in total. The van der Waals surface area contributed by atoms with E-state index in [1.54, 1.807) is 7.11 Å². The largest absolute Gasteiger partial charge is 0.497 e. The van der Waals surface area contributed by atoms with Gasteiger partial charge in [0.25, 0.3) is 0 Å². The molecule has 96 valence electrons. The Labute approximate surface area is 105 Å². The number of hydrogen-bond donors (Lipinski definition) is 1. The van der Waals surface area contributed by atoms with Crippen LogP contribution in [0.15, 0.2) is 24.3 Å². The zero-order valence-electron chi connectivity index (χ0n) is 11.0. The molecule has 0 amide bonds. The Morgan fingerprint density at radius 1 is 1.12 bits per heavy atom. The van der Waals surface area contributed by atoms with Gasteiger partial charge in [0.2, 0.25) is 0 Å². The lowest BCUT2D eigenvalue weighted by molar-refractivity contribution is 0.151. The van der Waals surface area contributed by atoms with Gasteiger partial charge in [0, 0.05) is 0 Å². The van der Waals surface area contributed by atoms with Crippen molar-refractivity contribution in [2.45, 2.75) is 51.6 Å². The summed E-state index contributed by atoms with van der Waals surface area (Å²) in [5.74, 6) is 0.886. The van der Waals surface area contributed by atoms with Crippen molar-refractivity contribution in [1.29, 1.82) is 0 Å². The van der Waals surface area contributed by atoms with Crippen LogP contribution >= 0.6 is 0 Å². The van der Waals surface area contributed by atoms with E-state index in [1.807, 2.05) is 12.1 Å². The predicted molar refractivity (Wildman–Crippen MR) is 71.5 cm³/mol. The van der Waals surface area contributed by atoms with E-state index >= 15 is 0 Å². The lowest BCUT2D eigenvalue weighted by Gasteiger charge is -2.10. The summed E-state index contributed by atoms with van der Waals surface area (Å²) in [7, 11) is 1.67. The van der Waals surface area contributed by atoms with Crippen LogP contribution in [0.2, 0.25) is 0 Å². The van der Waals surface area contributed by atoms with Crippen molar-refractivity contribution < 1.29 is 9.84 Å². The van der Waals surface area contributed by atoms with Gasteiger partial charge in [-0.2, -0.15) is 0 Å². The molecular formula is C15H24O2. The quantitative estimate of drug-likeness (QED) is 0.699. The second-order valence-corrected chi connectivity index (χ2v) is 4.54. The maximum absolute atomic E-state index is 9.81. The van der Waals surface area contributed by atoms with Crippen LogP contribution in [0.1, 0.15) is 44.6 Å². The molecule has 0 heterocycles. The SMILES string of the molecule is CCCCCC(O)CCc1ccc(OC)cc1. The third-order valence-corrected chi connectivity index (χ3v) is 3.07. The van der Waals surface area contributed by atoms with Gasteiger partial charge < -0.3 is 9.84 Å². The lowest BCUT2D eigenvalue weighted by atomic mass is 10.0. The van der Waals surface area contributed by atoms with Crippen LogP contribution in [0.4, 0.5) is 0 Å². The van der Waals surface area contributed by atoms with Crippen molar-refractivity contribution in [2.24, 2.45) is 0 Å². The summed E-state index contributed by atoms with van der Waals surface area (Å²) in [6.45, 7) is 2.18. The van der Waals surface area contributed by atoms with Crippen LogP contribution in [0, 0.1) is 0 Å². The first kappa shape index (κ1) is 14.0. The summed E-state index contributed by atoms with van der Waals surface area (Å²) in [5, 5.41) is 9.81. The molecule has 17 heavy (non-hydrogen) atoms. The molecule has 1 N–H and O–H groups in total. The van der Waals surface area contributed by atoms with Crippen LogP contribution in [0.3, 0.4) is 0 Å². The Morgan fingerprint density at radius 2 is 1.82 bits per heavy atom. The Morgan fingerprint density at radius 3 is 2.41 bits per heavy atom. The highest BCUT2D eigenvalue weighted by molar-refractivity contribution is 5.27. The molecule has 0 bridgehead atoms. The highest BCUT2D eigenvalue weighted by Crippen LogP contribution is 2.14. The molecule has 0 aliphatic heterocycles. The molecule has 1 unspecified atom stereocenters. The molecule has 0 saturated heterocycles. The highest BCUT2D eigenvalue weighted by atomic mass is 16.5. The average molecular weight is 236 g/mol. The molecule has 1 atom stereocenters. The predicted octanol–water partition coefficient (Wildman–Crippen LogP) is 3.57. The van der Waals surface area contributed by atoms with Gasteiger partial charge in [0.15, 0.2) is 0 Å². The van der Waals surface area contributed by atoms with Crippen molar-refractivity contribution in [1.82, 2.24) is 0 Å². The molecule has 0 saturated carbocycles. The van der Waals surface area contributed by atoms with E-state index in [1.165, 1.54) is 18.4 Å². The monoisotopic (exact) mass is 236 g/mol. The van der Waals surface area contributed by atoms with Gasteiger partial charge in [-0.3, -0.25) is 0 Å². The summed E-state index contributed by atoms with van der Waals surface area (Å²) >= 11 is 0. The summed E-state index contributed by atoms with van der Waals surface area (Å²) in [4.78, 5) is 0. The number of ether oxygens (including phenoxy) is 1. The van der Waals surface area contributed by atoms with Crippen LogP contribution in [0.5, 0.6) is 5.75 Å². The Hall–Kier alpha value is -1.02. The topological polar surface area (TPSA) is 29.5 Å². The molecule has 0 aliphatic rings. The summed E-state index contributed by atoms with van der Waals surface area (Å²) < 4.78 is 5.11. The van der Waals surface area contributed by atoms with Crippen molar-refractivity contribution in [3.63, 3.8) is 0 Å². The summed E-state index contributed by atoms with van der Waals surface area (Å²) in [6.07, 6.45) is 6.16. The number of methoxy groups -OCH3 is 1. The zero-order chi connectivity index (χ0) is 12.5. The van der Waals surface area contributed by atoms with Gasteiger partial charge in [-0.15, -0.1) is 0 Å². The standard InChI is InChI=1S/C15H24O2/c1-3-4-5-6-14(16)10-7-13-8-11-15(17-2)12-9-13/h8-9,11-12,14,16H,3-7,10H2,1-2H3. The van der Waals surface area contributed by atoms with E-state index in [9.17, 15) is 5.11 Å². The fraction of sp³-hybridized carbons (Fsp3) is 0.600. The second-order valence-electron chi connectivity index (χ2n) is 4.54. The van der Waals surface area contributed by atoms with Crippen molar-refractivity contribution in [3.8, 4) is 5.75 Å². The molecule has 1 rings (SSSR count). The first-order valence-electron chi connectivity index (χ1n) is 6.57. The Bertz CT molecular complexity index is 292. The van der Waals surface area contributed by atoms with Crippen LogP contribution in [-0.4, -0.2) is 18.3 Å². The van der Waals surface area contributed by atoms with E-state index in [0.29, 0.717) is 0 Å². The number of unbranched alkanes of at least 4 members (excludes halogenated alkanes) is 2. The first-order chi connectivity index (χ1) is 8.26. The van der Waals surface area contributed by atoms with Crippen molar-refractivity contribution in [2.75, 3.05) is 7.11 Å². The highest BCUT2D eigenvalue weighted by Gasteiger charge is 2.04. The van der Waals surface area contributed by atoms with Gasteiger partial charge in [-0.25, -0.2) is 0 Å². The summed E-state index contributed by atoms with van der Waals surface area (Å²) in [5.41, 5.74) is 1.26. The van der Waals surface area contributed by atoms with Crippen molar-refractivity contribution >= 4 is 0 Å². The number of rotatable bonds is 8. The molecule has 1 aromatic carbocycles. The average Bonchev–Trinajstić information content (AvgIpc) is 2.37. The van der Waals surface area contributed by atoms with E-state index in [4.69, 9.17) is 4.74 Å². The van der Waals surface area contributed by atoms with E-state index < -0.39 is 0 Å². The number of aryl methyl sites for hydroxylation is 1. The van der Waals surface area contributed by atoms with Gasteiger partial charge in [-0.1, -0.05) is 38.3 Å². The maximum Gasteiger partial charge on any atom is 0.118 e. The minimum absolute atomic E-state index is 0.149. The van der Waals surface area contributed by atoms with E-state index in [0.717, 1.165) is 31.4 Å². The minimum atomic E-state index is -0.149. The Balaban J connectivity index is 2.24. The second kappa shape index (κ2) is 8.13. The van der Waals surface area contributed by atoms with Gasteiger partial charge in [0.05, 0.1) is 13.2 Å². The number of benzene rings is 1. The molecule has 0 aromatic heterocycles. The Kier molecular flexibility index (Phi) is 6.71. The maximum atomic E-state index is 9.81. The lowest BCUT2D eigenvalue weighted by Crippen LogP contribution is -2.07. The smallest absolute Gasteiger partial charge is 0.118 e. The first-order valence-corrected chi connectivity index (χ1v) is 6.57. The van der Waals surface area contributed by atoms with Gasteiger partial charge >= 0.3 is 0 Å². The van der Waals surface area contributed by atoms with Gasteiger partial charge in [-0.05, 0) is 37.0 Å². The fourth-order valence-electron chi connectivity index (χ4n) is 1.90. The molecule has 0 fully saturated rings. The molecular weight excluding hydrogens is 212 g/mol.